The molecule has 0 spiro atoms. The second-order valence-electron chi connectivity index (χ2n) is 3.69. The molecule has 0 amide bonds. The predicted octanol–water partition coefficient (Wildman–Crippen LogP) is 0.991. The molecule has 0 atom stereocenters. The molecule has 0 radical (unpaired) electrons. The molecule has 2 aromatic heterocycles. The third-order valence-electron chi connectivity index (χ3n) is 2.30. The van der Waals surface area contributed by atoms with Gasteiger partial charge in [0.1, 0.15) is 5.82 Å². The molecule has 18 heavy (non-hydrogen) atoms. The Morgan fingerprint density at radius 1 is 1.28 bits per heavy atom. The van der Waals surface area contributed by atoms with Crippen LogP contribution in [0.3, 0.4) is 0 Å². The Bertz CT molecular complexity index is 524. The molecule has 0 fully saturated rings. The highest BCUT2D eigenvalue weighted by atomic mass is 16.5. The number of anilines is 1. The van der Waals surface area contributed by atoms with Crippen LogP contribution in [0.25, 0.3) is 5.95 Å². The first-order chi connectivity index (χ1) is 8.74. The lowest BCUT2D eigenvalue weighted by molar-refractivity contribution is 0.291. The van der Waals surface area contributed by atoms with Gasteiger partial charge in [-0.15, -0.1) is 0 Å². The zero-order valence-electron chi connectivity index (χ0n) is 10.5. The van der Waals surface area contributed by atoms with Crippen molar-refractivity contribution in [3.8, 4) is 12.0 Å². The van der Waals surface area contributed by atoms with Crippen molar-refractivity contribution in [3.63, 3.8) is 0 Å². The van der Waals surface area contributed by atoms with Gasteiger partial charge in [0.25, 0.3) is 0 Å². The monoisotopic (exact) mass is 248 g/mol. The van der Waals surface area contributed by atoms with E-state index in [4.69, 9.17) is 10.5 Å². The first kappa shape index (κ1) is 12.3. The van der Waals surface area contributed by atoms with E-state index >= 15 is 0 Å². The van der Waals surface area contributed by atoms with Gasteiger partial charge in [-0.25, -0.2) is 4.98 Å². The van der Waals surface area contributed by atoms with Crippen molar-refractivity contribution >= 4 is 5.95 Å². The Labute approximate surface area is 105 Å². The number of rotatable bonds is 5. The third kappa shape index (κ3) is 2.55. The first-order valence-corrected chi connectivity index (χ1v) is 5.91. The molecule has 7 nitrogen and oxygen atoms in total. The van der Waals surface area contributed by atoms with E-state index in [1.807, 2.05) is 13.8 Å². The molecule has 0 aliphatic rings. The van der Waals surface area contributed by atoms with Gasteiger partial charge in [-0.05, 0) is 6.42 Å². The summed E-state index contributed by atoms with van der Waals surface area (Å²) in [5.74, 6) is 1.44. The Balaban J connectivity index is 2.35. The van der Waals surface area contributed by atoms with Crippen LogP contribution >= 0.6 is 0 Å². The number of hydrogen-bond donors (Lipinski definition) is 1. The number of hydrogen-bond acceptors (Lipinski definition) is 6. The molecule has 2 N–H and O–H groups in total. The van der Waals surface area contributed by atoms with Gasteiger partial charge >= 0.3 is 6.01 Å². The summed E-state index contributed by atoms with van der Waals surface area (Å²) in [6, 6.07) is 0.245. The summed E-state index contributed by atoms with van der Waals surface area (Å²) in [5.41, 5.74) is 5.65. The van der Waals surface area contributed by atoms with Crippen LogP contribution in [0.1, 0.15) is 26.1 Å². The van der Waals surface area contributed by atoms with Gasteiger partial charge in [-0.1, -0.05) is 13.8 Å². The Hall–Kier alpha value is -2.18. The minimum atomic E-state index is 0.141. The fourth-order valence-electron chi connectivity index (χ4n) is 1.50. The minimum absolute atomic E-state index is 0.141. The third-order valence-corrected chi connectivity index (χ3v) is 2.30. The van der Waals surface area contributed by atoms with E-state index in [0.717, 1.165) is 18.7 Å². The number of aromatic nitrogens is 5. The summed E-state index contributed by atoms with van der Waals surface area (Å²) >= 11 is 0. The fraction of sp³-hybridized carbons (Fsp3) is 0.455. The van der Waals surface area contributed by atoms with Crippen LogP contribution in [0.2, 0.25) is 0 Å². The van der Waals surface area contributed by atoms with E-state index in [9.17, 15) is 0 Å². The molecular formula is C11H16N6O. The summed E-state index contributed by atoms with van der Waals surface area (Å²) in [6.45, 7) is 4.57. The number of nitrogen functional groups attached to an aromatic ring is 1. The highest BCUT2D eigenvalue weighted by Gasteiger charge is 2.10. The molecule has 0 saturated carbocycles. The van der Waals surface area contributed by atoms with E-state index in [-0.39, 0.29) is 12.0 Å². The molecule has 2 aromatic rings. The van der Waals surface area contributed by atoms with Crippen molar-refractivity contribution in [1.82, 2.24) is 24.5 Å². The van der Waals surface area contributed by atoms with Crippen LogP contribution in [0.4, 0.5) is 5.95 Å². The average Bonchev–Trinajstić information content (AvgIpc) is 2.84. The molecule has 96 valence electrons. The van der Waals surface area contributed by atoms with Crippen LogP contribution in [0.15, 0.2) is 12.4 Å². The lowest BCUT2D eigenvalue weighted by Gasteiger charge is -2.07. The standard InChI is InChI=1S/C11H16N6O/c1-3-7-18-11-15-9(12)14-10(16-11)17-6-5-13-8(17)4-2/h5-6H,3-4,7H2,1-2H3,(H2,12,14,15,16). The molecule has 0 unspecified atom stereocenters. The molecule has 0 aromatic carbocycles. The number of nitrogens with two attached hydrogens (primary N) is 1. The van der Waals surface area contributed by atoms with Gasteiger partial charge in [0.15, 0.2) is 0 Å². The molecule has 0 bridgehead atoms. The number of ether oxygens (including phenoxy) is 1. The fourth-order valence-corrected chi connectivity index (χ4v) is 1.50. The summed E-state index contributed by atoms with van der Waals surface area (Å²) < 4.78 is 7.15. The summed E-state index contributed by atoms with van der Waals surface area (Å²) in [4.78, 5) is 16.5. The first-order valence-electron chi connectivity index (χ1n) is 5.91. The highest BCUT2D eigenvalue weighted by molar-refractivity contribution is 5.26. The van der Waals surface area contributed by atoms with Gasteiger partial charge in [-0.2, -0.15) is 15.0 Å². The van der Waals surface area contributed by atoms with Gasteiger partial charge < -0.3 is 10.5 Å². The van der Waals surface area contributed by atoms with Crippen molar-refractivity contribution in [2.24, 2.45) is 0 Å². The van der Waals surface area contributed by atoms with Crippen LogP contribution in [-0.4, -0.2) is 31.1 Å². The van der Waals surface area contributed by atoms with E-state index in [1.165, 1.54) is 0 Å². The van der Waals surface area contributed by atoms with Crippen molar-refractivity contribution < 1.29 is 4.74 Å². The van der Waals surface area contributed by atoms with Gasteiger partial charge in [0, 0.05) is 18.8 Å². The topological polar surface area (TPSA) is 91.7 Å². The summed E-state index contributed by atoms with van der Waals surface area (Å²) in [6.07, 6.45) is 5.15. The van der Waals surface area contributed by atoms with Gasteiger partial charge in [-0.3, -0.25) is 4.57 Å². The quantitative estimate of drug-likeness (QED) is 0.848. The largest absolute Gasteiger partial charge is 0.463 e. The predicted molar refractivity (Wildman–Crippen MR) is 66.5 cm³/mol. The smallest absolute Gasteiger partial charge is 0.323 e. The van der Waals surface area contributed by atoms with Crippen molar-refractivity contribution in [2.75, 3.05) is 12.3 Å². The zero-order valence-corrected chi connectivity index (χ0v) is 10.5. The number of nitrogens with zero attached hydrogens (tertiary/aromatic N) is 5. The van der Waals surface area contributed by atoms with E-state index in [2.05, 4.69) is 19.9 Å². The van der Waals surface area contributed by atoms with Gasteiger partial charge in [0.2, 0.25) is 11.9 Å². The van der Waals surface area contributed by atoms with E-state index in [1.54, 1.807) is 17.0 Å². The van der Waals surface area contributed by atoms with Gasteiger partial charge in [0.05, 0.1) is 6.61 Å². The lowest BCUT2D eigenvalue weighted by Crippen LogP contribution is -2.10. The summed E-state index contributed by atoms with van der Waals surface area (Å²) in [5, 5.41) is 0. The van der Waals surface area contributed by atoms with E-state index in [0.29, 0.717) is 12.6 Å². The van der Waals surface area contributed by atoms with Crippen molar-refractivity contribution in [2.45, 2.75) is 26.7 Å². The normalized spacial score (nSPS) is 10.6. The van der Waals surface area contributed by atoms with Crippen LogP contribution in [0.5, 0.6) is 6.01 Å². The molecule has 2 rings (SSSR count). The Kier molecular flexibility index (Phi) is 3.71. The summed E-state index contributed by atoms with van der Waals surface area (Å²) in [7, 11) is 0. The number of imidazole rings is 1. The maximum atomic E-state index is 5.65. The van der Waals surface area contributed by atoms with Crippen molar-refractivity contribution in [3.05, 3.63) is 18.2 Å². The maximum Gasteiger partial charge on any atom is 0.323 e. The Morgan fingerprint density at radius 3 is 2.83 bits per heavy atom. The van der Waals surface area contributed by atoms with Crippen LogP contribution in [-0.2, 0) is 6.42 Å². The minimum Gasteiger partial charge on any atom is -0.463 e. The average molecular weight is 248 g/mol. The molecule has 2 heterocycles. The maximum absolute atomic E-state index is 5.65. The Morgan fingerprint density at radius 2 is 2.11 bits per heavy atom. The number of aryl methyl sites for hydroxylation is 1. The molecule has 7 heteroatoms. The highest BCUT2D eigenvalue weighted by Crippen LogP contribution is 2.11. The van der Waals surface area contributed by atoms with Crippen molar-refractivity contribution in [1.29, 1.82) is 0 Å². The second-order valence-corrected chi connectivity index (χ2v) is 3.69. The second kappa shape index (κ2) is 5.44. The zero-order chi connectivity index (χ0) is 13.0. The van der Waals surface area contributed by atoms with E-state index < -0.39 is 0 Å². The van der Waals surface area contributed by atoms with Crippen LogP contribution in [0, 0.1) is 0 Å². The van der Waals surface area contributed by atoms with Crippen LogP contribution < -0.4 is 10.5 Å². The SMILES string of the molecule is CCCOc1nc(N)nc(-n2ccnc2CC)n1. The molecule has 0 aliphatic carbocycles. The molecule has 0 saturated heterocycles. The molecular weight excluding hydrogens is 232 g/mol. The molecule has 0 aliphatic heterocycles. The lowest BCUT2D eigenvalue weighted by atomic mass is 10.4.